The fourth-order valence-electron chi connectivity index (χ4n) is 0.531. The predicted molar refractivity (Wildman–Crippen MR) is 32.8 cm³/mol. The van der Waals surface area contributed by atoms with Gasteiger partial charge >= 0.3 is 0 Å². The van der Waals surface area contributed by atoms with Crippen LogP contribution in [0, 0.1) is 0 Å². The maximum absolute atomic E-state index is 12.4. The Kier molecular flexibility index (Phi) is 3.21. The minimum absolute atomic E-state index is 0.489. The largest absolute Gasteiger partial charge is 0.392 e. The second-order valence-electron chi connectivity index (χ2n) is 2.35. The Morgan fingerprint density at radius 3 is 2.00 bits per heavy atom. The molecule has 0 saturated carbocycles. The first kappa shape index (κ1) is 9.81. The van der Waals surface area contributed by atoms with Crippen LogP contribution < -0.4 is 0 Å². The molecule has 0 heterocycles. The minimum atomic E-state index is -3.36. The third-order valence-corrected chi connectivity index (χ3v) is 1.93. The lowest BCUT2D eigenvalue weighted by Crippen LogP contribution is -2.29. The van der Waals surface area contributed by atoms with Crippen molar-refractivity contribution in [3.8, 4) is 0 Å². The van der Waals surface area contributed by atoms with Crippen LogP contribution in [0.15, 0.2) is 0 Å². The van der Waals surface area contributed by atoms with Gasteiger partial charge in [0.05, 0.1) is 0 Å². The van der Waals surface area contributed by atoms with Gasteiger partial charge < -0.3 is 4.46 Å². The summed E-state index contributed by atoms with van der Waals surface area (Å²) >= 11 is 0. The molecular weight excluding hydrogens is 161 g/mol. The monoisotopic (exact) mass is 170 g/mol. The molecule has 0 bridgehead atoms. The molecule has 0 aromatic rings. The van der Waals surface area contributed by atoms with Crippen LogP contribution in [0.4, 0.5) is 13.2 Å². The maximum atomic E-state index is 12.4. The number of rotatable bonds is 3. The third kappa shape index (κ3) is 2.59. The van der Waals surface area contributed by atoms with Crippen LogP contribution in [0.5, 0.6) is 0 Å². The van der Waals surface area contributed by atoms with Crippen molar-refractivity contribution in [1.82, 2.24) is 0 Å². The molecule has 0 aromatic carbocycles. The number of halogens is 3. The first-order valence-corrected chi connectivity index (χ1v) is 4.00. The second-order valence-corrected chi connectivity index (χ2v) is 3.68. The Balaban J connectivity index is 4.07. The summed E-state index contributed by atoms with van der Waals surface area (Å²) in [6.07, 6.45) is -2.28. The van der Waals surface area contributed by atoms with Crippen LogP contribution in [-0.2, 0) is 4.46 Å². The molecule has 0 aliphatic heterocycles. The van der Waals surface area contributed by atoms with Gasteiger partial charge in [0.25, 0.3) is 15.3 Å². The van der Waals surface area contributed by atoms with Crippen LogP contribution >= 0.6 is 0 Å². The fraction of sp³-hybridized carbons (Fsp3) is 1.00. The van der Waals surface area contributed by atoms with Gasteiger partial charge in [0, 0.05) is 12.5 Å². The topological polar surface area (TPSA) is 17.1 Å². The van der Waals surface area contributed by atoms with Gasteiger partial charge in [0.1, 0.15) is 0 Å². The van der Waals surface area contributed by atoms with Crippen molar-refractivity contribution in [2.75, 3.05) is 0 Å². The van der Waals surface area contributed by atoms with Crippen molar-refractivity contribution < 1.29 is 17.6 Å². The summed E-state index contributed by atoms with van der Waals surface area (Å²) in [6, 6.07) is 0. The first-order chi connectivity index (χ1) is 4.39. The van der Waals surface area contributed by atoms with E-state index in [0.29, 0.717) is 6.92 Å². The molecule has 0 radical (unpaired) electrons. The molecule has 0 aromatic heterocycles. The molecule has 0 aliphatic carbocycles. The molecule has 10 heavy (non-hydrogen) atoms. The molecule has 60 valence electrons. The quantitative estimate of drug-likeness (QED) is 0.587. The van der Waals surface area contributed by atoms with Gasteiger partial charge in [0.2, 0.25) is 0 Å². The van der Waals surface area contributed by atoms with E-state index in [0.717, 1.165) is 0 Å². The smallest absolute Gasteiger partial charge is 0.276 e. The van der Waals surface area contributed by atoms with Crippen molar-refractivity contribution in [1.29, 1.82) is 0 Å². The summed E-state index contributed by atoms with van der Waals surface area (Å²) in [5, 5.41) is 0. The summed E-state index contributed by atoms with van der Waals surface area (Å²) in [4.78, 5) is 0. The summed E-state index contributed by atoms with van der Waals surface area (Å²) < 4.78 is 46.5. The Bertz CT molecular complexity index is 123. The van der Waals surface area contributed by atoms with Crippen molar-refractivity contribution in [2.24, 2.45) is 0 Å². The summed E-state index contributed by atoms with van der Waals surface area (Å²) in [6.45, 7) is 1.70. The molecule has 0 fully saturated rings. The molecule has 0 saturated heterocycles. The van der Waals surface area contributed by atoms with E-state index >= 15 is 0 Å². The van der Waals surface area contributed by atoms with Gasteiger partial charge in [0.15, 0.2) is 6.17 Å². The average Bonchev–Trinajstić information content (AvgIpc) is 1.83. The van der Waals surface area contributed by atoms with Crippen LogP contribution in [0.2, 0.25) is 5.54 Å². The average molecular weight is 170 g/mol. The molecule has 0 spiro atoms. The molecule has 2 atom stereocenters. The number of hydrogen-bond acceptors (Lipinski definition) is 1. The SMILES string of the molecule is C[C@@H]([SiH]=O)[C@H](F)C(C)(F)F. The van der Waals surface area contributed by atoms with E-state index in [1.54, 1.807) is 0 Å². The third-order valence-electron chi connectivity index (χ3n) is 1.16. The molecule has 0 unspecified atom stereocenters. The van der Waals surface area contributed by atoms with Gasteiger partial charge in [-0.05, 0) is 0 Å². The van der Waals surface area contributed by atoms with E-state index in [2.05, 4.69) is 0 Å². The lowest BCUT2D eigenvalue weighted by molar-refractivity contribution is -0.0560. The molecule has 0 rings (SSSR count). The molecule has 0 N–H and O–H groups in total. The van der Waals surface area contributed by atoms with E-state index < -0.39 is 27.0 Å². The van der Waals surface area contributed by atoms with Crippen molar-refractivity contribution >= 4 is 9.41 Å². The van der Waals surface area contributed by atoms with E-state index in [9.17, 15) is 17.6 Å². The number of alkyl halides is 3. The zero-order chi connectivity index (χ0) is 8.36. The van der Waals surface area contributed by atoms with Gasteiger partial charge in [-0.1, -0.05) is 6.92 Å². The molecule has 0 amide bonds. The van der Waals surface area contributed by atoms with E-state index in [-0.39, 0.29) is 0 Å². The lowest BCUT2D eigenvalue weighted by Gasteiger charge is -2.17. The van der Waals surface area contributed by atoms with E-state index in [1.165, 1.54) is 6.92 Å². The lowest BCUT2D eigenvalue weighted by atomic mass is 10.2. The highest BCUT2D eigenvalue weighted by Gasteiger charge is 2.38. The van der Waals surface area contributed by atoms with Crippen molar-refractivity contribution in [2.45, 2.75) is 31.5 Å². The zero-order valence-corrected chi connectivity index (χ0v) is 6.93. The van der Waals surface area contributed by atoms with Crippen LogP contribution in [0.1, 0.15) is 13.8 Å². The molecular formula is C5H9F3OSi. The normalized spacial score (nSPS) is 18.1. The zero-order valence-electron chi connectivity index (χ0n) is 5.77. The molecule has 0 aliphatic rings. The Morgan fingerprint density at radius 1 is 1.50 bits per heavy atom. The highest BCUT2D eigenvalue weighted by molar-refractivity contribution is 6.19. The van der Waals surface area contributed by atoms with Gasteiger partial charge in [-0.2, -0.15) is 0 Å². The highest BCUT2D eigenvalue weighted by atomic mass is 28.2. The first-order valence-electron chi connectivity index (χ1n) is 2.86. The van der Waals surface area contributed by atoms with Crippen LogP contribution in [0.3, 0.4) is 0 Å². The van der Waals surface area contributed by atoms with Gasteiger partial charge in [-0.25, -0.2) is 13.2 Å². The fourth-order valence-corrected chi connectivity index (χ4v) is 1.01. The molecule has 5 heteroatoms. The van der Waals surface area contributed by atoms with Crippen molar-refractivity contribution in [3.05, 3.63) is 0 Å². The Morgan fingerprint density at radius 2 is 1.90 bits per heavy atom. The highest BCUT2D eigenvalue weighted by Crippen LogP contribution is 2.27. The summed E-state index contributed by atoms with van der Waals surface area (Å²) in [7, 11) is -1.46. The van der Waals surface area contributed by atoms with E-state index in [1.807, 2.05) is 0 Å². The summed E-state index contributed by atoms with van der Waals surface area (Å²) in [5.74, 6) is -3.36. The standard InChI is InChI=1S/C5H9F3OSi/c1-3(10-9)4(6)5(2,7)8/h3-4,10H,1-2H3/t3-,4+/m1/s1. The van der Waals surface area contributed by atoms with Gasteiger partial charge in [-0.15, -0.1) is 0 Å². The van der Waals surface area contributed by atoms with Gasteiger partial charge in [-0.3, -0.25) is 0 Å². The predicted octanol–water partition coefficient (Wildman–Crippen LogP) is 1.57. The summed E-state index contributed by atoms with van der Waals surface area (Å²) in [5.41, 5.74) is -1.03. The minimum Gasteiger partial charge on any atom is -0.392 e. The molecule has 1 nitrogen and oxygen atoms in total. The number of hydrogen-bond donors (Lipinski definition) is 0. The Labute approximate surface area is 59.5 Å². The Hall–Kier alpha value is -0.193. The maximum Gasteiger partial charge on any atom is 0.276 e. The van der Waals surface area contributed by atoms with E-state index in [4.69, 9.17) is 0 Å². The van der Waals surface area contributed by atoms with Crippen molar-refractivity contribution in [3.63, 3.8) is 0 Å². The van der Waals surface area contributed by atoms with Crippen LogP contribution in [-0.4, -0.2) is 21.5 Å². The van der Waals surface area contributed by atoms with Crippen LogP contribution in [0.25, 0.3) is 0 Å². The second kappa shape index (κ2) is 3.27.